The molecule has 2 rings (SSSR count). The molecule has 0 saturated carbocycles. The third kappa shape index (κ3) is 4.22. The molecule has 1 unspecified atom stereocenters. The maximum Gasteiger partial charge on any atom is 0.310 e. The highest BCUT2D eigenvalue weighted by molar-refractivity contribution is 5.86. The van der Waals surface area contributed by atoms with Gasteiger partial charge in [-0.1, -0.05) is 0 Å². The highest BCUT2D eigenvalue weighted by Gasteiger charge is 2.39. The number of carbonyl (C=O) groups is 2. The van der Waals surface area contributed by atoms with Gasteiger partial charge in [0.15, 0.2) is 0 Å². The number of likely N-dealkylation sites (tertiary alicyclic amines) is 1. The Labute approximate surface area is 133 Å². The SMILES string of the molecule is COC(=O)C1CC(=O)N(CCC2CC(C)(C)NC(C)(C)C2)C1. The molecule has 2 heterocycles. The second-order valence-electron chi connectivity index (χ2n) is 8.22. The first-order valence-electron chi connectivity index (χ1n) is 8.27. The van der Waals surface area contributed by atoms with Crippen LogP contribution in [0.15, 0.2) is 0 Å². The molecule has 5 nitrogen and oxygen atoms in total. The summed E-state index contributed by atoms with van der Waals surface area (Å²) in [6, 6.07) is 0. The van der Waals surface area contributed by atoms with Crippen molar-refractivity contribution in [2.24, 2.45) is 11.8 Å². The van der Waals surface area contributed by atoms with Gasteiger partial charge in [-0.2, -0.15) is 0 Å². The van der Waals surface area contributed by atoms with Crippen molar-refractivity contribution in [3.63, 3.8) is 0 Å². The molecule has 2 aliphatic heterocycles. The van der Waals surface area contributed by atoms with E-state index in [0.717, 1.165) is 25.8 Å². The van der Waals surface area contributed by atoms with Crippen LogP contribution in [0.4, 0.5) is 0 Å². The lowest BCUT2D eigenvalue weighted by Gasteiger charge is -2.47. The highest BCUT2D eigenvalue weighted by atomic mass is 16.5. The first-order valence-corrected chi connectivity index (χ1v) is 8.27. The standard InChI is InChI=1S/C17H30N2O3/c1-16(2)9-12(10-17(3,4)18-16)6-7-19-11-13(8-14(19)20)15(21)22-5/h12-13,18H,6-11H2,1-5H3. The van der Waals surface area contributed by atoms with Gasteiger partial charge in [-0.3, -0.25) is 9.59 Å². The van der Waals surface area contributed by atoms with Crippen molar-refractivity contribution in [1.82, 2.24) is 10.2 Å². The van der Waals surface area contributed by atoms with Crippen molar-refractivity contribution in [2.75, 3.05) is 20.2 Å². The fourth-order valence-corrected chi connectivity index (χ4v) is 4.39. The molecular weight excluding hydrogens is 280 g/mol. The van der Waals surface area contributed by atoms with Crippen LogP contribution in [0.5, 0.6) is 0 Å². The van der Waals surface area contributed by atoms with Crippen molar-refractivity contribution in [3.05, 3.63) is 0 Å². The summed E-state index contributed by atoms with van der Waals surface area (Å²) in [5.41, 5.74) is 0.270. The maximum atomic E-state index is 12.0. The van der Waals surface area contributed by atoms with Gasteiger partial charge in [0, 0.05) is 30.6 Å². The number of hydrogen-bond acceptors (Lipinski definition) is 4. The minimum absolute atomic E-state index is 0.0860. The average Bonchev–Trinajstić information content (AvgIpc) is 2.73. The Morgan fingerprint density at radius 3 is 2.41 bits per heavy atom. The van der Waals surface area contributed by atoms with E-state index in [9.17, 15) is 9.59 Å². The number of amides is 1. The Hall–Kier alpha value is -1.10. The second kappa shape index (κ2) is 6.19. The van der Waals surface area contributed by atoms with Crippen LogP contribution in [0, 0.1) is 11.8 Å². The molecule has 0 bridgehead atoms. The molecule has 1 N–H and O–H groups in total. The molecule has 0 spiro atoms. The van der Waals surface area contributed by atoms with Crippen molar-refractivity contribution in [3.8, 4) is 0 Å². The van der Waals surface area contributed by atoms with E-state index in [1.165, 1.54) is 7.11 Å². The zero-order valence-electron chi connectivity index (χ0n) is 14.6. The topological polar surface area (TPSA) is 58.6 Å². The Bertz CT molecular complexity index is 429. The highest BCUT2D eigenvalue weighted by Crippen LogP contribution is 2.35. The van der Waals surface area contributed by atoms with Crippen LogP contribution >= 0.6 is 0 Å². The molecule has 0 radical (unpaired) electrons. The fraction of sp³-hybridized carbons (Fsp3) is 0.882. The number of methoxy groups -OCH3 is 1. The van der Waals surface area contributed by atoms with E-state index in [2.05, 4.69) is 33.0 Å². The summed E-state index contributed by atoms with van der Waals surface area (Å²) in [6.45, 7) is 10.3. The van der Waals surface area contributed by atoms with Gasteiger partial charge in [0.2, 0.25) is 5.91 Å². The Morgan fingerprint density at radius 1 is 1.27 bits per heavy atom. The predicted octanol–water partition coefficient (Wildman–Crippen LogP) is 1.95. The van der Waals surface area contributed by atoms with Crippen molar-refractivity contribution in [2.45, 2.75) is 64.5 Å². The van der Waals surface area contributed by atoms with Gasteiger partial charge >= 0.3 is 5.97 Å². The van der Waals surface area contributed by atoms with Gasteiger partial charge in [-0.25, -0.2) is 0 Å². The van der Waals surface area contributed by atoms with Crippen LogP contribution < -0.4 is 5.32 Å². The van der Waals surface area contributed by atoms with Crippen LogP contribution in [0.1, 0.15) is 53.4 Å². The van der Waals surface area contributed by atoms with Crippen LogP contribution in [0.2, 0.25) is 0 Å². The number of nitrogens with one attached hydrogen (secondary N) is 1. The molecule has 0 aliphatic carbocycles. The summed E-state index contributed by atoms with van der Waals surface area (Å²) in [5, 5.41) is 3.69. The minimum atomic E-state index is -0.279. The van der Waals surface area contributed by atoms with Crippen molar-refractivity contribution in [1.29, 1.82) is 0 Å². The number of rotatable bonds is 4. The molecule has 2 aliphatic rings. The van der Waals surface area contributed by atoms with Gasteiger partial charge in [-0.05, 0) is 52.9 Å². The van der Waals surface area contributed by atoms with Crippen LogP contribution in [-0.4, -0.2) is 48.1 Å². The first kappa shape index (κ1) is 17.3. The molecule has 0 aromatic heterocycles. The third-order valence-electron chi connectivity index (χ3n) is 4.83. The fourth-order valence-electron chi connectivity index (χ4n) is 4.39. The molecule has 2 saturated heterocycles. The average molecular weight is 310 g/mol. The van der Waals surface area contributed by atoms with E-state index >= 15 is 0 Å². The number of ether oxygens (including phenoxy) is 1. The van der Waals surface area contributed by atoms with Gasteiger partial charge in [0.1, 0.15) is 0 Å². The summed E-state index contributed by atoms with van der Waals surface area (Å²) in [4.78, 5) is 25.4. The molecule has 22 heavy (non-hydrogen) atoms. The van der Waals surface area contributed by atoms with Crippen LogP contribution in [0.25, 0.3) is 0 Å². The number of piperidine rings is 1. The van der Waals surface area contributed by atoms with E-state index in [1.807, 2.05) is 4.90 Å². The normalized spacial score (nSPS) is 28.0. The molecule has 126 valence electrons. The Kier molecular flexibility index (Phi) is 4.85. The molecule has 5 heteroatoms. The van der Waals surface area contributed by atoms with Crippen LogP contribution in [-0.2, 0) is 14.3 Å². The molecule has 0 aromatic rings. The lowest BCUT2D eigenvalue weighted by Crippen LogP contribution is -2.58. The predicted molar refractivity (Wildman–Crippen MR) is 85.3 cm³/mol. The quantitative estimate of drug-likeness (QED) is 0.806. The minimum Gasteiger partial charge on any atom is -0.469 e. The summed E-state index contributed by atoms with van der Waals surface area (Å²) >= 11 is 0. The first-order chi connectivity index (χ1) is 10.1. The van der Waals surface area contributed by atoms with E-state index < -0.39 is 0 Å². The van der Waals surface area contributed by atoms with Gasteiger partial charge < -0.3 is 15.0 Å². The van der Waals surface area contributed by atoms with E-state index in [1.54, 1.807) is 0 Å². The second-order valence-corrected chi connectivity index (χ2v) is 8.22. The number of carbonyl (C=O) groups excluding carboxylic acids is 2. The third-order valence-corrected chi connectivity index (χ3v) is 4.83. The smallest absolute Gasteiger partial charge is 0.310 e. The molecular formula is C17H30N2O3. The zero-order valence-corrected chi connectivity index (χ0v) is 14.6. The van der Waals surface area contributed by atoms with Gasteiger partial charge in [-0.15, -0.1) is 0 Å². The monoisotopic (exact) mass is 310 g/mol. The number of esters is 1. The Balaban J connectivity index is 1.88. The number of hydrogen-bond donors (Lipinski definition) is 1. The number of nitrogens with zero attached hydrogens (tertiary/aromatic N) is 1. The van der Waals surface area contributed by atoms with Crippen molar-refractivity contribution >= 4 is 11.9 Å². The van der Waals surface area contributed by atoms with E-state index in [0.29, 0.717) is 18.9 Å². The molecule has 1 atom stereocenters. The van der Waals surface area contributed by atoms with Gasteiger partial charge in [0.05, 0.1) is 13.0 Å². The molecule has 1 amide bonds. The molecule has 2 fully saturated rings. The zero-order chi connectivity index (χ0) is 16.5. The largest absolute Gasteiger partial charge is 0.469 e. The van der Waals surface area contributed by atoms with E-state index in [-0.39, 0.29) is 28.9 Å². The summed E-state index contributed by atoms with van der Waals surface area (Å²) in [7, 11) is 1.38. The summed E-state index contributed by atoms with van der Waals surface area (Å²) in [6.07, 6.45) is 3.56. The van der Waals surface area contributed by atoms with Crippen LogP contribution in [0.3, 0.4) is 0 Å². The lowest BCUT2D eigenvalue weighted by molar-refractivity contribution is -0.145. The maximum absolute atomic E-state index is 12.0. The summed E-state index contributed by atoms with van der Waals surface area (Å²) < 4.78 is 4.75. The van der Waals surface area contributed by atoms with Crippen molar-refractivity contribution < 1.29 is 14.3 Å². The van der Waals surface area contributed by atoms with E-state index in [4.69, 9.17) is 4.74 Å². The lowest BCUT2D eigenvalue weighted by atomic mass is 9.74. The molecule has 0 aromatic carbocycles. The Morgan fingerprint density at radius 2 is 1.86 bits per heavy atom. The van der Waals surface area contributed by atoms with Gasteiger partial charge in [0.25, 0.3) is 0 Å². The summed E-state index contributed by atoms with van der Waals surface area (Å²) in [5.74, 6) is 0.150.